The number of hydrogen-bond donors (Lipinski definition) is 2. The van der Waals surface area contributed by atoms with Crippen LogP contribution in [0.25, 0.3) is 0 Å². The lowest BCUT2D eigenvalue weighted by atomic mass is 9.99. The van der Waals surface area contributed by atoms with E-state index in [2.05, 4.69) is 12.2 Å². The number of benzene rings is 2. The fourth-order valence-corrected chi connectivity index (χ4v) is 2.76. The molecule has 0 aliphatic rings. The van der Waals surface area contributed by atoms with Crippen LogP contribution in [0.5, 0.6) is 5.75 Å². The summed E-state index contributed by atoms with van der Waals surface area (Å²) >= 11 is 0. The van der Waals surface area contributed by atoms with Crippen molar-refractivity contribution in [3.05, 3.63) is 65.7 Å². The van der Waals surface area contributed by atoms with Gasteiger partial charge in [-0.15, -0.1) is 0 Å². The van der Waals surface area contributed by atoms with Gasteiger partial charge in [0.05, 0.1) is 25.2 Å². The molecule has 2 aromatic carbocycles. The Morgan fingerprint density at radius 1 is 1.04 bits per heavy atom. The molecule has 140 valence electrons. The predicted molar refractivity (Wildman–Crippen MR) is 104 cm³/mol. The number of hydrogen-bond acceptors (Lipinski definition) is 3. The first-order chi connectivity index (χ1) is 12.7. The molecule has 0 bridgehead atoms. The van der Waals surface area contributed by atoms with E-state index in [0.29, 0.717) is 6.61 Å². The second-order valence-electron chi connectivity index (χ2n) is 6.50. The van der Waals surface area contributed by atoms with Gasteiger partial charge in [0, 0.05) is 0 Å². The molecule has 0 aliphatic heterocycles. The SMILES string of the molecule is CCCCCOc1ccc([C@H](CO)NC(=O)[C@@H](C)c2ccccc2)cc1. The highest BCUT2D eigenvalue weighted by Gasteiger charge is 2.19. The third-order valence-corrected chi connectivity index (χ3v) is 4.49. The molecule has 0 unspecified atom stereocenters. The second-order valence-corrected chi connectivity index (χ2v) is 6.50. The van der Waals surface area contributed by atoms with Gasteiger partial charge in [-0.3, -0.25) is 4.79 Å². The zero-order chi connectivity index (χ0) is 18.8. The summed E-state index contributed by atoms with van der Waals surface area (Å²) in [7, 11) is 0. The molecule has 4 nitrogen and oxygen atoms in total. The highest BCUT2D eigenvalue weighted by atomic mass is 16.5. The van der Waals surface area contributed by atoms with Gasteiger partial charge in [-0.25, -0.2) is 0 Å². The topological polar surface area (TPSA) is 58.6 Å². The molecule has 0 aromatic heterocycles. The maximum Gasteiger partial charge on any atom is 0.227 e. The number of carbonyl (C=O) groups excluding carboxylic acids is 1. The Morgan fingerprint density at radius 3 is 2.35 bits per heavy atom. The van der Waals surface area contributed by atoms with Crippen molar-refractivity contribution in [3.8, 4) is 5.75 Å². The average Bonchev–Trinajstić information content (AvgIpc) is 2.70. The molecule has 0 heterocycles. The molecule has 0 radical (unpaired) electrons. The predicted octanol–water partition coefficient (Wildman–Crippen LogP) is 4.21. The Bertz CT molecular complexity index is 655. The summed E-state index contributed by atoms with van der Waals surface area (Å²) in [6.07, 6.45) is 3.38. The second kappa shape index (κ2) is 10.6. The Morgan fingerprint density at radius 2 is 1.73 bits per heavy atom. The van der Waals surface area contributed by atoms with E-state index in [0.717, 1.165) is 29.7 Å². The van der Waals surface area contributed by atoms with E-state index < -0.39 is 6.04 Å². The van der Waals surface area contributed by atoms with Gasteiger partial charge in [0.2, 0.25) is 5.91 Å². The normalized spacial score (nSPS) is 13.0. The third-order valence-electron chi connectivity index (χ3n) is 4.49. The zero-order valence-corrected chi connectivity index (χ0v) is 15.7. The third kappa shape index (κ3) is 5.88. The molecule has 1 amide bonds. The fraction of sp³-hybridized carbons (Fsp3) is 0.409. The van der Waals surface area contributed by atoms with E-state index in [-0.39, 0.29) is 18.4 Å². The van der Waals surface area contributed by atoms with Crippen LogP contribution >= 0.6 is 0 Å². The Hall–Kier alpha value is -2.33. The molecule has 26 heavy (non-hydrogen) atoms. The molecule has 0 saturated carbocycles. The van der Waals surface area contributed by atoms with Crippen LogP contribution < -0.4 is 10.1 Å². The minimum absolute atomic E-state index is 0.102. The summed E-state index contributed by atoms with van der Waals surface area (Å²) in [5.74, 6) is 0.437. The van der Waals surface area contributed by atoms with Crippen molar-refractivity contribution in [1.82, 2.24) is 5.32 Å². The lowest BCUT2D eigenvalue weighted by Crippen LogP contribution is -2.33. The Balaban J connectivity index is 1.94. The van der Waals surface area contributed by atoms with Crippen LogP contribution in [-0.4, -0.2) is 24.2 Å². The van der Waals surface area contributed by atoms with Gasteiger partial charge in [0.25, 0.3) is 0 Å². The van der Waals surface area contributed by atoms with Crippen molar-refractivity contribution in [3.63, 3.8) is 0 Å². The zero-order valence-electron chi connectivity index (χ0n) is 15.7. The summed E-state index contributed by atoms with van der Waals surface area (Å²) in [6.45, 7) is 4.59. The Labute approximate surface area is 156 Å². The van der Waals surface area contributed by atoms with E-state index >= 15 is 0 Å². The summed E-state index contributed by atoms with van der Waals surface area (Å²) in [5.41, 5.74) is 1.82. The number of carbonyl (C=O) groups is 1. The van der Waals surface area contributed by atoms with Gasteiger partial charge in [-0.05, 0) is 36.6 Å². The van der Waals surface area contributed by atoms with Crippen LogP contribution in [0.1, 0.15) is 56.2 Å². The number of amides is 1. The van der Waals surface area contributed by atoms with E-state index in [1.807, 2.05) is 61.5 Å². The van der Waals surface area contributed by atoms with Crippen molar-refractivity contribution in [2.75, 3.05) is 13.2 Å². The first-order valence-corrected chi connectivity index (χ1v) is 9.34. The van der Waals surface area contributed by atoms with Crippen molar-refractivity contribution < 1.29 is 14.6 Å². The van der Waals surface area contributed by atoms with Crippen molar-refractivity contribution in [2.45, 2.75) is 45.1 Å². The lowest BCUT2D eigenvalue weighted by molar-refractivity contribution is -0.123. The standard InChI is InChI=1S/C22H29NO3/c1-3-4-8-15-26-20-13-11-19(12-14-20)21(16-24)23-22(25)17(2)18-9-6-5-7-10-18/h5-7,9-14,17,21,24H,3-4,8,15-16H2,1-2H3,(H,23,25)/t17-,21-/m0/s1. The molecule has 4 heteroatoms. The smallest absolute Gasteiger partial charge is 0.227 e. The molecular formula is C22H29NO3. The van der Waals surface area contributed by atoms with Crippen molar-refractivity contribution >= 4 is 5.91 Å². The molecule has 0 aliphatic carbocycles. The maximum atomic E-state index is 12.5. The van der Waals surface area contributed by atoms with E-state index in [1.54, 1.807) is 0 Å². The fourth-order valence-electron chi connectivity index (χ4n) is 2.76. The minimum Gasteiger partial charge on any atom is -0.494 e. The molecular weight excluding hydrogens is 326 g/mol. The van der Waals surface area contributed by atoms with Gasteiger partial charge in [0.15, 0.2) is 0 Å². The van der Waals surface area contributed by atoms with E-state index in [9.17, 15) is 9.90 Å². The van der Waals surface area contributed by atoms with Gasteiger partial charge in [-0.2, -0.15) is 0 Å². The molecule has 0 spiro atoms. The quantitative estimate of drug-likeness (QED) is 0.628. The highest BCUT2D eigenvalue weighted by Crippen LogP contribution is 2.20. The monoisotopic (exact) mass is 355 g/mol. The van der Waals surface area contributed by atoms with Crippen molar-refractivity contribution in [1.29, 1.82) is 0 Å². The molecule has 0 fully saturated rings. The van der Waals surface area contributed by atoms with E-state index in [1.165, 1.54) is 6.42 Å². The van der Waals surface area contributed by atoms with Crippen LogP contribution in [0, 0.1) is 0 Å². The molecule has 0 saturated heterocycles. The van der Waals surface area contributed by atoms with E-state index in [4.69, 9.17) is 4.74 Å². The van der Waals surface area contributed by atoms with Crippen LogP contribution in [0.3, 0.4) is 0 Å². The molecule has 2 rings (SSSR count). The summed E-state index contributed by atoms with van der Waals surface area (Å²) < 4.78 is 5.70. The van der Waals surface area contributed by atoms with Crippen LogP contribution in [-0.2, 0) is 4.79 Å². The number of aliphatic hydroxyl groups is 1. The van der Waals surface area contributed by atoms with Gasteiger partial charge in [0.1, 0.15) is 5.75 Å². The number of unbranched alkanes of at least 4 members (excludes halogenated alkanes) is 2. The first-order valence-electron chi connectivity index (χ1n) is 9.34. The molecule has 2 aromatic rings. The lowest BCUT2D eigenvalue weighted by Gasteiger charge is -2.20. The summed E-state index contributed by atoms with van der Waals surface area (Å²) in [5, 5.41) is 12.6. The van der Waals surface area contributed by atoms with Gasteiger partial charge in [-0.1, -0.05) is 62.2 Å². The largest absolute Gasteiger partial charge is 0.494 e. The van der Waals surface area contributed by atoms with Crippen LogP contribution in [0.4, 0.5) is 0 Å². The minimum atomic E-state index is -0.428. The molecule has 2 atom stereocenters. The first kappa shape index (κ1) is 20.0. The molecule has 2 N–H and O–H groups in total. The number of ether oxygens (including phenoxy) is 1. The number of rotatable bonds is 10. The maximum absolute atomic E-state index is 12.5. The van der Waals surface area contributed by atoms with Gasteiger partial charge < -0.3 is 15.2 Å². The van der Waals surface area contributed by atoms with Gasteiger partial charge >= 0.3 is 0 Å². The van der Waals surface area contributed by atoms with Crippen molar-refractivity contribution in [2.24, 2.45) is 0 Å². The summed E-state index contributed by atoms with van der Waals surface area (Å²) in [4.78, 5) is 12.5. The highest BCUT2D eigenvalue weighted by molar-refractivity contribution is 5.83. The summed E-state index contributed by atoms with van der Waals surface area (Å²) in [6, 6.07) is 16.8. The van der Waals surface area contributed by atoms with Crippen LogP contribution in [0.15, 0.2) is 54.6 Å². The average molecular weight is 355 g/mol. The number of nitrogens with one attached hydrogen (secondary N) is 1. The number of aliphatic hydroxyl groups excluding tert-OH is 1. The van der Waals surface area contributed by atoms with Crippen LogP contribution in [0.2, 0.25) is 0 Å². The Kier molecular flexibility index (Phi) is 8.16.